The Morgan fingerprint density at radius 1 is 1.23 bits per heavy atom. The third-order valence-corrected chi connectivity index (χ3v) is 5.11. The summed E-state index contributed by atoms with van der Waals surface area (Å²) in [6.45, 7) is 0.727. The Kier molecular flexibility index (Phi) is 3.30. The second kappa shape index (κ2) is 5.20. The summed E-state index contributed by atoms with van der Waals surface area (Å²) in [6, 6.07) is 12.8. The van der Waals surface area contributed by atoms with Gasteiger partial charge in [0.05, 0.1) is 0 Å². The summed E-state index contributed by atoms with van der Waals surface area (Å²) in [5, 5.41) is 0. The van der Waals surface area contributed by atoms with Crippen molar-refractivity contribution in [3.63, 3.8) is 0 Å². The van der Waals surface area contributed by atoms with E-state index in [4.69, 9.17) is 0 Å². The standard InChI is InChI=1S/C18H15BrFNO/c19-12-5-6-17-11(9-12)7-8-21(17)18(22)15-10-14(15)13-3-1-2-4-16(13)20/h1-6,9,14-15H,7-8,10H2. The highest BCUT2D eigenvalue weighted by Gasteiger charge is 2.47. The molecule has 2 unspecified atom stereocenters. The van der Waals surface area contributed by atoms with E-state index in [1.165, 1.54) is 11.6 Å². The van der Waals surface area contributed by atoms with E-state index in [1.54, 1.807) is 12.1 Å². The molecule has 1 amide bonds. The van der Waals surface area contributed by atoms with E-state index in [9.17, 15) is 9.18 Å². The molecule has 2 aromatic rings. The lowest BCUT2D eigenvalue weighted by atomic mass is 10.1. The largest absolute Gasteiger partial charge is 0.312 e. The molecule has 1 heterocycles. The minimum absolute atomic E-state index is 0.0354. The number of carbonyl (C=O) groups is 1. The van der Waals surface area contributed by atoms with E-state index in [-0.39, 0.29) is 23.6 Å². The summed E-state index contributed by atoms with van der Waals surface area (Å²) < 4.78 is 14.9. The van der Waals surface area contributed by atoms with Crippen LogP contribution in [0, 0.1) is 11.7 Å². The number of anilines is 1. The smallest absolute Gasteiger partial charge is 0.230 e. The minimum atomic E-state index is -0.200. The average Bonchev–Trinajstić information content (AvgIpc) is 3.19. The highest BCUT2D eigenvalue weighted by Crippen LogP contribution is 2.50. The van der Waals surface area contributed by atoms with Crippen LogP contribution in [0.2, 0.25) is 0 Å². The van der Waals surface area contributed by atoms with Crippen LogP contribution >= 0.6 is 15.9 Å². The van der Waals surface area contributed by atoms with Crippen molar-refractivity contribution in [2.75, 3.05) is 11.4 Å². The first-order chi connectivity index (χ1) is 10.6. The zero-order valence-electron chi connectivity index (χ0n) is 11.9. The average molecular weight is 360 g/mol. The Morgan fingerprint density at radius 3 is 2.86 bits per heavy atom. The highest BCUT2D eigenvalue weighted by atomic mass is 79.9. The summed E-state index contributed by atoms with van der Waals surface area (Å²) >= 11 is 3.47. The Morgan fingerprint density at radius 2 is 2.05 bits per heavy atom. The SMILES string of the molecule is O=C(C1CC1c1ccccc1F)N1CCc2cc(Br)ccc21. The maximum Gasteiger partial charge on any atom is 0.230 e. The lowest BCUT2D eigenvalue weighted by Gasteiger charge is -2.17. The Labute approximate surface area is 137 Å². The van der Waals surface area contributed by atoms with Gasteiger partial charge >= 0.3 is 0 Å². The molecule has 2 nitrogen and oxygen atoms in total. The van der Waals surface area contributed by atoms with Gasteiger partial charge in [0, 0.05) is 22.6 Å². The van der Waals surface area contributed by atoms with Gasteiger partial charge in [0.2, 0.25) is 5.91 Å². The number of halogens is 2. The van der Waals surface area contributed by atoms with Gasteiger partial charge in [-0.1, -0.05) is 34.1 Å². The molecule has 1 aliphatic carbocycles. The van der Waals surface area contributed by atoms with Gasteiger partial charge in [-0.05, 0) is 54.2 Å². The van der Waals surface area contributed by atoms with Crippen LogP contribution in [0.1, 0.15) is 23.5 Å². The van der Waals surface area contributed by atoms with Crippen molar-refractivity contribution >= 4 is 27.5 Å². The molecule has 0 radical (unpaired) electrons. The first-order valence-electron chi connectivity index (χ1n) is 7.49. The fourth-order valence-electron chi connectivity index (χ4n) is 3.39. The van der Waals surface area contributed by atoms with Gasteiger partial charge in [-0.15, -0.1) is 0 Å². The normalized spacial score (nSPS) is 22.5. The molecule has 4 heteroatoms. The van der Waals surface area contributed by atoms with Gasteiger partial charge in [0.25, 0.3) is 0 Å². The first-order valence-corrected chi connectivity index (χ1v) is 8.28. The predicted octanol–water partition coefficient (Wildman–Crippen LogP) is 4.28. The number of carbonyl (C=O) groups excluding carboxylic acids is 1. The van der Waals surface area contributed by atoms with Gasteiger partial charge in [0.15, 0.2) is 0 Å². The van der Waals surface area contributed by atoms with Crippen LogP contribution < -0.4 is 4.90 Å². The molecule has 0 bridgehead atoms. The van der Waals surface area contributed by atoms with Gasteiger partial charge < -0.3 is 4.90 Å². The molecule has 0 saturated heterocycles. The van der Waals surface area contributed by atoms with Gasteiger partial charge in [0.1, 0.15) is 5.82 Å². The molecule has 2 atom stereocenters. The molecular weight excluding hydrogens is 345 g/mol. The molecule has 1 aliphatic heterocycles. The van der Waals surface area contributed by atoms with E-state index in [2.05, 4.69) is 22.0 Å². The molecular formula is C18H15BrFNO. The van der Waals surface area contributed by atoms with E-state index >= 15 is 0 Å². The quantitative estimate of drug-likeness (QED) is 0.783. The second-order valence-electron chi connectivity index (χ2n) is 5.98. The van der Waals surface area contributed by atoms with E-state index in [0.717, 1.165) is 29.5 Å². The molecule has 22 heavy (non-hydrogen) atoms. The van der Waals surface area contributed by atoms with Crippen LogP contribution in [0.25, 0.3) is 0 Å². The lowest BCUT2D eigenvalue weighted by molar-refractivity contribution is -0.119. The van der Waals surface area contributed by atoms with E-state index < -0.39 is 0 Å². The number of hydrogen-bond donors (Lipinski definition) is 0. The van der Waals surface area contributed by atoms with Crippen molar-refractivity contribution in [2.24, 2.45) is 5.92 Å². The second-order valence-corrected chi connectivity index (χ2v) is 6.90. The minimum Gasteiger partial charge on any atom is -0.312 e. The number of fused-ring (bicyclic) bond motifs is 1. The van der Waals surface area contributed by atoms with Gasteiger partial charge in [-0.25, -0.2) is 4.39 Å². The van der Waals surface area contributed by atoms with Crippen molar-refractivity contribution in [1.82, 2.24) is 0 Å². The maximum absolute atomic E-state index is 13.8. The van der Waals surface area contributed by atoms with Crippen molar-refractivity contribution in [3.05, 3.63) is 63.9 Å². The topological polar surface area (TPSA) is 20.3 Å². The van der Waals surface area contributed by atoms with Crippen molar-refractivity contribution in [1.29, 1.82) is 0 Å². The number of rotatable bonds is 2. The molecule has 1 saturated carbocycles. The zero-order chi connectivity index (χ0) is 15.3. The Balaban J connectivity index is 1.55. The fraction of sp³-hybridized carbons (Fsp3) is 0.278. The molecule has 112 valence electrons. The Hall–Kier alpha value is -1.68. The van der Waals surface area contributed by atoms with Crippen LogP contribution in [-0.2, 0) is 11.2 Å². The molecule has 0 N–H and O–H groups in total. The molecule has 0 spiro atoms. The van der Waals surface area contributed by atoms with E-state index in [1.807, 2.05) is 23.1 Å². The molecule has 2 aliphatic rings. The van der Waals surface area contributed by atoms with Gasteiger partial charge in [-0.3, -0.25) is 4.79 Å². The first kappa shape index (κ1) is 13.9. The third kappa shape index (κ3) is 2.26. The summed E-state index contributed by atoms with van der Waals surface area (Å²) in [5.74, 6) is -0.109. The number of nitrogens with zero attached hydrogens (tertiary/aromatic N) is 1. The molecule has 1 fully saturated rings. The third-order valence-electron chi connectivity index (χ3n) is 4.62. The maximum atomic E-state index is 13.8. The van der Waals surface area contributed by atoms with Crippen molar-refractivity contribution in [3.8, 4) is 0 Å². The highest BCUT2D eigenvalue weighted by molar-refractivity contribution is 9.10. The van der Waals surface area contributed by atoms with Crippen LogP contribution in [-0.4, -0.2) is 12.5 Å². The van der Waals surface area contributed by atoms with E-state index in [0.29, 0.717) is 5.56 Å². The summed E-state index contributed by atoms with van der Waals surface area (Å²) in [4.78, 5) is 14.6. The van der Waals surface area contributed by atoms with Gasteiger partial charge in [-0.2, -0.15) is 0 Å². The molecule has 0 aromatic heterocycles. The van der Waals surface area contributed by atoms with Crippen molar-refractivity contribution < 1.29 is 9.18 Å². The van der Waals surface area contributed by atoms with Crippen LogP contribution in [0.3, 0.4) is 0 Å². The summed E-state index contributed by atoms with van der Waals surface area (Å²) in [5.41, 5.74) is 2.88. The summed E-state index contributed by atoms with van der Waals surface area (Å²) in [7, 11) is 0. The summed E-state index contributed by atoms with van der Waals surface area (Å²) in [6.07, 6.45) is 1.64. The number of amides is 1. The molecule has 2 aromatic carbocycles. The van der Waals surface area contributed by atoms with Crippen molar-refractivity contribution in [2.45, 2.75) is 18.8 Å². The number of hydrogen-bond acceptors (Lipinski definition) is 1. The lowest BCUT2D eigenvalue weighted by Crippen LogP contribution is -2.30. The van der Waals surface area contributed by atoms with Crippen LogP contribution in [0.4, 0.5) is 10.1 Å². The zero-order valence-corrected chi connectivity index (χ0v) is 13.5. The fourth-order valence-corrected chi connectivity index (χ4v) is 3.80. The Bertz CT molecular complexity index is 761. The molecule has 4 rings (SSSR count). The van der Waals surface area contributed by atoms with Crippen LogP contribution in [0.15, 0.2) is 46.9 Å². The number of benzene rings is 2. The predicted molar refractivity (Wildman–Crippen MR) is 87.4 cm³/mol. The monoisotopic (exact) mass is 359 g/mol. The van der Waals surface area contributed by atoms with Crippen LogP contribution in [0.5, 0.6) is 0 Å².